The Hall–Kier alpha value is -1.35. The Bertz CT molecular complexity index is 372. The largest absolute Gasteiger partial charge is 0.354 e. The average molecular weight is 220 g/mol. The molecule has 3 N–H and O–H groups in total. The molecule has 0 saturated heterocycles. The molecule has 0 aromatic heterocycles. The molecule has 0 unspecified atom stereocenters. The molecule has 3 nitrogen and oxygen atoms in total. The van der Waals surface area contributed by atoms with Gasteiger partial charge in [0, 0.05) is 12.0 Å². The quantitative estimate of drug-likeness (QED) is 0.804. The van der Waals surface area contributed by atoms with Gasteiger partial charge in [0.2, 0.25) is 5.91 Å². The van der Waals surface area contributed by atoms with E-state index in [0.29, 0.717) is 6.54 Å². The second-order valence-corrected chi connectivity index (χ2v) is 4.68. The van der Waals surface area contributed by atoms with Gasteiger partial charge in [-0.25, -0.2) is 0 Å². The van der Waals surface area contributed by atoms with Gasteiger partial charge in [-0.2, -0.15) is 0 Å². The molecule has 0 spiro atoms. The highest BCUT2D eigenvalue weighted by molar-refractivity contribution is 5.77. The lowest BCUT2D eigenvalue weighted by molar-refractivity contribution is -0.119. The molecule has 88 valence electrons. The predicted molar refractivity (Wildman–Crippen MR) is 66.3 cm³/mol. The molecule has 0 atom stereocenters. The van der Waals surface area contributed by atoms with E-state index >= 15 is 0 Å². The third kappa shape index (κ3) is 3.07. The van der Waals surface area contributed by atoms with Gasteiger partial charge >= 0.3 is 0 Å². The van der Waals surface area contributed by atoms with Crippen LogP contribution >= 0.6 is 0 Å². The van der Waals surface area contributed by atoms with E-state index in [0.717, 1.165) is 0 Å². The topological polar surface area (TPSA) is 55.1 Å². The number of carbonyl (C=O) groups is 1. The Balaban J connectivity index is 2.77. The SMILES string of the molecule is Cc1ccccc1C(C)(C)CNC(=O)CN. The fourth-order valence-electron chi connectivity index (χ4n) is 1.82. The molecule has 0 radical (unpaired) electrons. The lowest BCUT2D eigenvalue weighted by atomic mass is 9.82. The summed E-state index contributed by atoms with van der Waals surface area (Å²) in [7, 11) is 0. The number of nitrogens with one attached hydrogen (secondary N) is 1. The van der Waals surface area contributed by atoms with Gasteiger partial charge in [-0.1, -0.05) is 38.1 Å². The molecule has 0 fully saturated rings. The second kappa shape index (κ2) is 5.12. The predicted octanol–water partition coefficient (Wildman–Crippen LogP) is 1.35. The van der Waals surface area contributed by atoms with Gasteiger partial charge in [-0.05, 0) is 18.1 Å². The second-order valence-electron chi connectivity index (χ2n) is 4.68. The van der Waals surface area contributed by atoms with Crippen molar-refractivity contribution in [2.75, 3.05) is 13.1 Å². The molecule has 16 heavy (non-hydrogen) atoms. The first-order chi connectivity index (χ1) is 7.47. The van der Waals surface area contributed by atoms with Crippen LogP contribution in [-0.2, 0) is 10.2 Å². The fraction of sp³-hybridized carbons (Fsp3) is 0.462. The van der Waals surface area contributed by atoms with Gasteiger partial charge in [-0.3, -0.25) is 4.79 Å². The number of nitrogens with two attached hydrogens (primary N) is 1. The molecule has 3 heteroatoms. The molecule has 0 saturated carbocycles. The van der Waals surface area contributed by atoms with Gasteiger partial charge in [0.15, 0.2) is 0 Å². The van der Waals surface area contributed by atoms with E-state index < -0.39 is 0 Å². The van der Waals surface area contributed by atoms with Crippen LogP contribution in [0.1, 0.15) is 25.0 Å². The summed E-state index contributed by atoms with van der Waals surface area (Å²) in [4.78, 5) is 11.1. The number of benzene rings is 1. The van der Waals surface area contributed by atoms with E-state index in [1.807, 2.05) is 12.1 Å². The lowest BCUT2D eigenvalue weighted by Crippen LogP contribution is -2.39. The minimum absolute atomic E-state index is 0.0455. The van der Waals surface area contributed by atoms with Gasteiger partial charge in [0.05, 0.1) is 6.54 Å². The van der Waals surface area contributed by atoms with Crippen LogP contribution in [0.3, 0.4) is 0 Å². The van der Waals surface area contributed by atoms with Crippen molar-refractivity contribution in [1.82, 2.24) is 5.32 Å². The molecular weight excluding hydrogens is 200 g/mol. The van der Waals surface area contributed by atoms with Crippen molar-refractivity contribution < 1.29 is 4.79 Å². The van der Waals surface area contributed by atoms with Crippen molar-refractivity contribution in [3.8, 4) is 0 Å². The van der Waals surface area contributed by atoms with E-state index in [2.05, 4.69) is 38.2 Å². The van der Waals surface area contributed by atoms with Crippen LogP contribution in [-0.4, -0.2) is 19.0 Å². The van der Waals surface area contributed by atoms with Crippen LogP contribution in [0.25, 0.3) is 0 Å². The van der Waals surface area contributed by atoms with E-state index in [1.54, 1.807) is 0 Å². The molecule has 0 heterocycles. The summed E-state index contributed by atoms with van der Waals surface area (Å²) in [6, 6.07) is 8.23. The molecule has 0 aliphatic rings. The lowest BCUT2D eigenvalue weighted by Gasteiger charge is -2.27. The third-order valence-corrected chi connectivity index (χ3v) is 2.79. The Kier molecular flexibility index (Phi) is 4.07. The summed E-state index contributed by atoms with van der Waals surface area (Å²) in [5.41, 5.74) is 7.69. The highest BCUT2D eigenvalue weighted by Crippen LogP contribution is 2.25. The molecule has 1 rings (SSSR count). The van der Waals surface area contributed by atoms with Crippen LogP contribution in [0, 0.1) is 6.92 Å². The highest BCUT2D eigenvalue weighted by Gasteiger charge is 2.22. The van der Waals surface area contributed by atoms with E-state index in [-0.39, 0.29) is 17.9 Å². The van der Waals surface area contributed by atoms with E-state index in [4.69, 9.17) is 5.73 Å². The van der Waals surface area contributed by atoms with Crippen LogP contribution in [0.5, 0.6) is 0 Å². The zero-order chi connectivity index (χ0) is 12.2. The van der Waals surface area contributed by atoms with Crippen molar-refractivity contribution in [1.29, 1.82) is 0 Å². The first kappa shape index (κ1) is 12.7. The molecule has 0 bridgehead atoms. The Morgan fingerprint density at radius 3 is 2.56 bits per heavy atom. The molecule has 0 aliphatic carbocycles. The standard InChI is InChI=1S/C13H20N2O/c1-10-6-4-5-7-11(10)13(2,3)9-15-12(16)8-14/h4-7H,8-9,14H2,1-3H3,(H,15,16). The van der Waals surface area contributed by atoms with Crippen LogP contribution in [0.2, 0.25) is 0 Å². The summed E-state index contributed by atoms with van der Waals surface area (Å²) < 4.78 is 0. The van der Waals surface area contributed by atoms with Crippen LogP contribution < -0.4 is 11.1 Å². The maximum Gasteiger partial charge on any atom is 0.233 e. The van der Waals surface area contributed by atoms with Crippen molar-refractivity contribution in [2.24, 2.45) is 5.73 Å². The third-order valence-electron chi connectivity index (χ3n) is 2.79. The Morgan fingerprint density at radius 2 is 2.00 bits per heavy atom. The number of rotatable bonds is 4. The summed E-state index contributed by atoms with van der Waals surface area (Å²) >= 11 is 0. The smallest absolute Gasteiger partial charge is 0.233 e. The summed E-state index contributed by atoms with van der Waals surface area (Å²) in [5, 5.41) is 2.83. The van der Waals surface area contributed by atoms with Gasteiger partial charge in [0.1, 0.15) is 0 Å². The number of hydrogen-bond donors (Lipinski definition) is 2. The summed E-state index contributed by atoms with van der Waals surface area (Å²) in [5.74, 6) is -0.110. The molecule has 1 amide bonds. The van der Waals surface area contributed by atoms with Gasteiger partial charge < -0.3 is 11.1 Å². The first-order valence-electron chi connectivity index (χ1n) is 5.50. The van der Waals surface area contributed by atoms with Crippen molar-refractivity contribution in [3.63, 3.8) is 0 Å². The Labute approximate surface area is 97.0 Å². The van der Waals surface area contributed by atoms with E-state index in [9.17, 15) is 4.79 Å². The number of carbonyl (C=O) groups excluding carboxylic acids is 1. The van der Waals surface area contributed by atoms with Crippen LogP contribution in [0.15, 0.2) is 24.3 Å². The van der Waals surface area contributed by atoms with Crippen molar-refractivity contribution in [2.45, 2.75) is 26.2 Å². The summed E-state index contributed by atoms with van der Waals surface area (Å²) in [6.45, 7) is 6.97. The minimum Gasteiger partial charge on any atom is -0.354 e. The minimum atomic E-state index is -0.110. The molecule has 1 aromatic carbocycles. The Morgan fingerprint density at radius 1 is 1.38 bits per heavy atom. The molecule has 1 aromatic rings. The first-order valence-corrected chi connectivity index (χ1v) is 5.50. The molecular formula is C13H20N2O. The number of aryl methyl sites for hydroxylation is 1. The van der Waals surface area contributed by atoms with Crippen molar-refractivity contribution in [3.05, 3.63) is 35.4 Å². The summed E-state index contributed by atoms with van der Waals surface area (Å²) in [6.07, 6.45) is 0. The van der Waals surface area contributed by atoms with Gasteiger partial charge in [0.25, 0.3) is 0 Å². The number of amides is 1. The maximum absolute atomic E-state index is 11.1. The monoisotopic (exact) mass is 220 g/mol. The molecule has 0 aliphatic heterocycles. The zero-order valence-electron chi connectivity index (χ0n) is 10.2. The van der Waals surface area contributed by atoms with Crippen molar-refractivity contribution >= 4 is 5.91 Å². The zero-order valence-corrected chi connectivity index (χ0v) is 10.2. The van der Waals surface area contributed by atoms with E-state index in [1.165, 1.54) is 11.1 Å². The fourth-order valence-corrected chi connectivity index (χ4v) is 1.82. The van der Waals surface area contributed by atoms with Crippen LogP contribution in [0.4, 0.5) is 0 Å². The van der Waals surface area contributed by atoms with Gasteiger partial charge in [-0.15, -0.1) is 0 Å². The highest BCUT2D eigenvalue weighted by atomic mass is 16.1. The normalized spacial score (nSPS) is 11.2. The maximum atomic E-state index is 11.1. The average Bonchev–Trinajstić information content (AvgIpc) is 2.26. The number of hydrogen-bond acceptors (Lipinski definition) is 2.